The quantitative estimate of drug-likeness (QED) is 0.400. The molecule has 1 rings (SSSR count). The molecule has 0 bridgehead atoms. The number of unbranched alkanes of at least 4 members (excludes halogenated alkanes) is 6. The van der Waals surface area contributed by atoms with Gasteiger partial charge in [0.15, 0.2) is 0 Å². The van der Waals surface area contributed by atoms with Crippen molar-refractivity contribution in [1.82, 2.24) is 0 Å². The molecule has 0 saturated heterocycles. The average Bonchev–Trinajstić information content (AvgIpc) is 2.38. The van der Waals surface area contributed by atoms with E-state index in [1.54, 1.807) is 12.1 Å². The molecule has 1 aromatic rings. The number of benzene rings is 1. The van der Waals surface area contributed by atoms with Gasteiger partial charge >= 0.3 is 40.0 Å². The van der Waals surface area contributed by atoms with Crippen LogP contribution in [0.2, 0.25) is 0 Å². The summed E-state index contributed by atoms with van der Waals surface area (Å²) in [5.41, 5.74) is 1.15. The molecule has 0 aliphatic rings. The van der Waals surface area contributed by atoms with Crippen LogP contribution in [0.25, 0.3) is 0 Å². The zero-order valence-corrected chi connectivity index (χ0v) is 15.9. The average molecular weight is 324 g/mol. The van der Waals surface area contributed by atoms with Crippen LogP contribution in [0.4, 0.5) is 0 Å². The van der Waals surface area contributed by atoms with Crippen molar-refractivity contribution in [2.24, 2.45) is 0 Å². The smallest absolute Gasteiger partial charge is 1.00 e. The van der Waals surface area contributed by atoms with E-state index in [-0.39, 0.29) is 36.7 Å². The summed E-state index contributed by atoms with van der Waals surface area (Å²) in [5.74, 6) is 0.135. The van der Waals surface area contributed by atoms with Crippen LogP contribution in [0.1, 0.15) is 58.9 Å². The molecule has 0 spiro atoms. The molecule has 1 aromatic carbocycles. The maximum Gasteiger partial charge on any atom is 1.00 e. The predicted molar refractivity (Wildman–Crippen MR) is 81.4 cm³/mol. The third kappa shape index (κ3) is 11.2. The van der Waals surface area contributed by atoms with Crippen molar-refractivity contribution < 1.29 is 48.1 Å². The minimum atomic E-state index is -4.42. The second kappa shape index (κ2) is 11.5. The molecule has 21 heavy (non-hydrogen) atoms. The summed E-state index contributed by atoms with van der Waals surface area (Å²) in [6, 6.07) is 6.78. The number of aryl methyl sites for hydroxylation is 1. The number of rotatable bonds is 10. The molecule has 116 valence electrons. The van der Waals surface area contributed by atoms with Crippen molar-refractivity contribution in [1.29, 1.82) is 0 Å². The van der Waals surface area contributed by atoms with Gasteiger partial charge in [-0.3, -0.25) is 4.55 Å². The molecule has 0 aliphatic heterocycles. The summed E-state index contributed by atoms with van der Waals surface area (Å²) in [7, 11) is -4.42. The second-order valence-corrected chi connectivity index (χ2v) is 6.05. The summed E-state index contributed by atoms with van der Waals surface area (Å²) >= 11 is 0. The minimum Gasteiger partial charge on any atom is -1.00 e. The van der Waals surface area contributed by atoms with Crippen molar-refractivity contribution >= 4 is 10.4 Å². The van der Waals surface area contributed by atoms with Crippen molar-refractivity contribution in [2.45, 2.75) is 58.3 Å². The molecule has 0 saturated carbocycles. The van der Waals surface area contributed by atoms with Crippen LogP contribution in [-0.2, 0) is 16.8 Å². The molecule has 0 fully saturated rings. The molecule has 0 radical (unpaired) electrons. The van der Waals surface area contributed by atoms with Crippen molar-refractivity contribution in [2.75, 3.05) is 0 Å². The first kappa shape index (κ1) is 20.9. The van der Waals surface area contributed by atoms with E-state index in [1.165, 1.54) is 38.5 Å². The Morgan fingerprint density at radius 1 is 1.00 bits per heavy atom. The van der Waals surface area contributed by atoms with E-state index in [1.807, 2.05) is 12.1 Å². The molecule has 0 heterocycles. The maximum atomic E-state index is 10.5. The Bertz CT molecular complexity index is 477. The minimum absolute atomic E-state index is 0. The molecule has 0 aliphatic carbocycles. The van der Waals surface area contributed by atoms with Crippen LogP contribution < -0.4 is 33.7 Å². The molecule has 0 amide bonds. The third-order valence-electron chi connectivity index (χ3n) is 3.19. The number of hydrogen-bond acceptors (Lipinski definition) is 3. The Labute approximate surface area is 152 Å². The zero-order valence-electron chi connectivity index (χ0n) is 14.0. The maximum absolute atomic E-state index is 10.5. The standard InChI is InChI=1S/C15H24O4S.Na.H/c1-2-3-4-5-6-7-8-9-14-10-12-15(13-11-14)19-20(16,17)18;;/h10-13H,2-9H2,1H3,(H,16,17,18);;/q;+1;-1. The van der Waals surface area contributed by atoms with E-state index in [4.69, 9.17) is 4.55 Å². The fourth-order valence-corrected chi connectivity index (χ4v) is 2.47. The monoisotopic (exact) mass is 324 g/mol. The van der Waals surface area contributed by atoms with Gasteiger partial charge in [0.2, 0.25) is 0 Å². The second-order valence-electron chi connectivity index (χ2n) is 5.03. The SMILES string of the molecule is CCCCCCCCCc1ccc(OS(=O)(=O)O)cc1.[H-].[Na+]. The van der Waals surface area contributed by atoms with Gasteiger partial charge in [-0.05, 0) is 30.5 Å². The summed E-state index contributed by atoms with van der Waals surface area (Å²) in [6.45, 7) is 2.22. The van der Waals surface area contributed by atoms with Crippen LogP contribution in [0.5, 0.6) is 5.75 Å². The largest absolute Gasteiger partial charge is 1.00 e. The number of hydrogen-bond donors (Lipinski definition) is 1. The summed E-state index contributed by atoms with van der Waals surface area (Å²) in [5, 5.41) is 0. The van der Waals surface area contributed by atoms with Crippen LogP contribution in [-0.4, -0.2) is 13.0 Å². The molecule has 0 unspecified atom stereocenters. The Morgan fingerprint density at radius 3 is 2.05 bits per heavy atom. The Kier molecular flexibility index (Phi) is 11.5. The molecule has 0 atom stereocenters. The van der Waals surface area contributed by atoms with E-state index >= 15 is 0 Å². The van der Waals surface area contributed by atoms with E-state index < -0.39 is 10.4 Å². The summed E-state index contributed by atoms with van der Waals surface area (Å²) in [6.07, 6.45) is 9.89. The summed E-state index contributed by atoms with van der Waals surface area (Å²) in [4.78, 5) is 0. The zero-order chi connectivity index (χ0) is 14.8. The van der Waals surface area contributed by atoms with Crippen LogP contribution >= 0.6 is 0 Å². The van der Waals surface area contributed by atoms with Crippen molar-refractivity contribution in [3.05, 3.63) is 29.8 Å². The molecular weight excluding hydrogens is 299 g/mol. The fourth-order valence-electron chi connectivity index (χ4n) is 2.12. The van der Waals surface area contributed by atoms with Gasteiger partial charge in [0.25, 0.3) is 0 Å². The van der Waals surface area contributed by atoms with Gasteiger partial charge in [-0.25, -0.2) is 0 Å². The molecular formula is C15H25NaO4S. The van der Waals surface area contributed by atoms with Crippen molar-refractivity contribution in [3.63, 3.8) is 0 Å². The van der Waals surface area contributed by atoms with Crippen molar-refractivity contribution in [3.8, 4) is 5.75 Å². The van der Waals surface area contributed by atoms with Gasteiger partial charge in [0.1, 0.15) is 5.75 Å². The first-order valence-corrected chi connectivity index (χ1v) is 8.63. The molecule has 6 heteroatoms. The van der Waals surface area contributed by atoms with Gasteiger partial charge in [0, 0.05) is 0 Å². The van der Waals surface area contributed by atoms with Crippen LogP contribution in [0.3, 0.4) is 0 Å². The normalized spacial score (nSPS) is 11.0. The van der Waals surface area contributed by atoms with E-state index in [0.29, 0.717) is 0 Å². The molecule has 0 aromatic heterocycles. The van der Waals surface area contributed by atoms with E-state index in [2.05, 4.69) is 11.1 Å². The van der Waals surface area contributed by atoms with Crippen LogP contribution in [0.15, 0.2) is 24.3 Å². The Hall–Kier alpha value is -0.0700. The molecule has 1 N–H and O–H groups in total. The van der Waals surface area contributed by atoms with E-state index in [9.17, 15) is 8.42 Å². The first-order valence-electron chi connectivity index (χ1n) is 7.27. The fraction of sp³-hybridized carbons (Fsp3) is 0.600. The van der Waals surface area contributed by atoms with Crippen LogP contribution in [0, 0.1) is 0 Å². The first-order chi connectivity index (χ1) is 9.51. The van der Waals surface area contributed by atoms with Gasteiger partial charge in [-0.1, -0.05) is 57.6 Å². The predicted octanol–water partition coefficient (Wildman–Crippen LogP) is 1.28. The van der Waals surface area contributed by atoms with Gasteiger partial charge in [-0.2, -0.15) is 8.42 Å². The van der Waals surface area contributed by atoms with Gasteiger partial charge in [-0.15, -0.1) is 0 Å². The third-order valence-corrected chi connectivity index (χ3v) is 3.60. The Morgan fingerprint density at radius 2 is 1.52 bits per heavy atom. The molecule has 4 nitrogen and oxygen atoms in total. The van der Waals surface area contributed by atoms with Gasteiger partial charge in [0.05, 0.1) is 0 Å². The topological polar surface area (TPSA) is 63.6 Å². The van der Waals surface area contributed by atoms with Gasteiger partial charge < -0.3 is 5.61 Å². The Balaban J connectivity index is 0. The summed E-state index contributed by atoms with van der Waals surface area (Å²) < 4.78 is 34.0. The van der Waals surface area contributed by atoms with E-state index in [0.717, 1.165) is 18.4 Å².